The Balaban J connectivity index is 1.68. The average molecular weight is 432 g/mol. The number of nitrogens with zero attached hydrogens (tertiary/aromatic N) is 4. The van der Waals surface area contributed by atoms with Crippen LogP contribution in [0.25, 0.3) is 10.9 Å². The van der Waals surface area contributed by atoms with Crippen molar-refractivity contribution in [2.75, 3.05) is 29.0 Å². The number of aliphatic hydroxyl groups is 1. The van der Waals surface area contributed by atoms with Crippen molar-refractivity contribution in [3.8, 4) is 0 Å². The first-order chi connectivity index (χ1) is 14.4. The molecule has 0 amide bonds. The molecular formula is C21H23F3N6O. The van der Waals surface area contributed by atoms with Crippen LogP contribution in [0.2, 0.25) is 0 Å². The van der Waals surface area contributed by atoms with E-state index in [1.165, 1.54) is 6.07 Å². The van der Waals surface area contributed by atoms with Crippen molar-refractivity contribution in [3.05, 3.63) is 47.3 Å². The third-order valence-electron chi connectivity index (χ3n) is 5.36. The number of rotatable bonds is 4. The molecule has 4 rings (SSSR count). The van der Waals surface area contributed by atoms with Crippen LogP contribution in [0.5, 0.6) is 0 Å². The average Bonchev–Trinajstić information content (AvgIpc) is 2.66. The molecule has 164 valence electrons. The van der Waals surface area contributed by atoms with Gasteiger partial charge >= 0.3 is 6.18 Å². The normalized spacial score (nSPS) is 16.8. The topological polar surface area (TPSA) is 100 Å². The van der Waals surface area contributed by atoms with E-state index in [0.717, 1.165) is 17.8 Å². The number of hydrogen-bond acceptors (Lipinski definition) is 7. The van der Waals surface area contributed by atoms with Gasteiger partial charge in [0.15, 0.2) is 5.82 Å². The highest BCUT2D eigenvalue weighted by molar-refractivity contribution is 5.92. The van der Waals surface area contributed by atoms with E-state index in [9.17, 15) is 18.3 Å². The number of aryl methyl sites for hydroxylation is 1. The Morgan fingerprint density at radius 1 is 1.19 bits per heavy atom. The third kappa shape index (κ3) is 4.20. The number of nitrogens with two attached hydrogens (primary N) is 1. The summed E-state index contributed by atoms with van der Waals surface area (Å²) >= 11 is 0. The van der Waals surface area contributed by atoms with Crippen LogP contribution in [-0.4, -0.2) is 39.0 Å². The maximum atomic E-state index is 13.2. The monoisotopic (exact) mass is 432 g/mol. The molecule has 0 bridgehead atoms. The molecule has 1 atom stereocenters. The van der Waals surface area contributed by atoms with Crippen molar-refractivity contribution >= 4 is 28.1 Å². The van der Waals surface area contributed by atoms with Gasteiger partial charge in [-0.3, -0.25) is 4.98 Å². The highest BCUT2D eigenvalue weighted by Crippen LogP contribution is 2.35. The van der Waals surface area contributed by atoms with Gasteiger partial charge in [0, 0.05) is 24.2 Å². The van der Waals surface area contributed by atoms with Crippen LogP contribution in [-0.2, 0) is 6.18 Å². The van der Waals surface area contributed by atoms with Crippen molar-refractivity contribution in [3.63, 3.8) is 0 Å². The Hall–Kier alpha value is -3.14. The minimum atomic E-state index is -4.49. The quantitative estimate of drug-likeness (QED) is 0.541. The van der Waals surface area contributed by atoms with Crippen LogP contribution in [0.3, 0.4) is 0 Å². The molecule has 1 saturated heterocycles. The standard InChI is InChI=1S/C21H23F3N6O/c1-11(13-4-14(21(22,23)24)6-15(25)5-13)27-19-17-7-16(30-9-20(3,31)10-30)8-26-18(17)12(2)28-29-19/h4-8,11,31H,9-10,25H2,1-3H3,(H,27,29)/t11-/m1/s1. The van der Waals surface area contributed by atoms with Crippen LogP contribution in [0, 0.1) is 6.92 Å². The number of pyridine rings is 1. The fraction of sp³-hybridized carbons (Fsp3) is 0.381. The molecule has 0 spiro atoms. The van der Waals surface area contributed by atoms with E-state index in [1.54, 1.807) is 27.0 Å². The van der Waals surface area contributed by atoms with Crippen LogP contribution in [0.4, 0.5) is 30.4 Å². The molecule has 4 N–H and O–H groups in total. The number of halogens is 3. The zero-order valence-electron chi connectivity index (χ0n) is 17.3. The molecule has 1 aliphatic heterocycles. The minimum Gasteiger partial charge on any atom is -0.399 e. The predicted molar refractivity (Wildman–Crippen MR) is 113 cm³/mol. The predicted octanol–water partition coefficient (Wildman–Crippen LogP) is 3.68. The van der Waals surface area contributed by atoms with Crippen LogP contribution in [0.15, 0.2) is 30.5 Å². The van der Waals surface area contributed by atoms with E-state index >= 15 is 0 Å². The Morgan fingerprint density at radius 2 is 1.90 bits per heavy atom. The molecule has 2 aromatic heterocycles. The zero-order valence-corrected chi connectivity index (χ0v) is 17.3. The molecular weight excluding hydrogens is 409 g/mol. The summed E-state index contributed by atoms with van der Waals surface area (Å²) in [4.78, 5) is 6.49. The molecule has 1 fully saturated rings. The van der Waals surface area contributed by atoms with E-state index in [-0.39, 0.29) is 5.69 Å². The molecule has 1 aliphatic rings. The summed E-state index contributed by atoms with van der Waals surface area (Å²) in [6.45, 7) is 6.26. The fourth-order valence-corrected chi connectivity index (χ4v) is 3.77. The lowest BCUT2D eigenvalue weighted by atomic mass is 9.96. The molecule has 0 unspecified atom stereocenters. The first kappa shape index (κ1) is 21.1. The van der Waals surface area contributed by atoms with E-state index in [4.69, 9.17) is 5.73 Å². The number of alkyl halides is 3. The van der Waals surface area contributed by atoms with Gasteiger partial charge in [-0.1, -0.05) is 0 Å². The second-order valence-corrected chi connectivity index (χ2v) is 8.33. The van der Waals surface area contributed by atoms with Crippen molar-refractivity contribution in [1.29, 1.82) is 0 Å². The second-order valence-electron chi connectivity index (χ2n) is 8.33. The lowest BCUT2D eigenvalue weighted by molar-refractivity contribution is -0.137. The lowest BCUT2D eigenvalue weighted by Crippen LogP contribution is -2.60. The number of benzene rings is 1. The number of nitrogens with one attached hydrogen (secondary N) is 1. The molecule has 3 heterocycles. The largest absolute Gasteiger partial charge is 0.416 e. The Kier molecular flexibility index (Phi) is 4.92. The molecule has 7 nitrogen and oxygen atoms in total. The molecule has 0 radical (unpaired) electrons. The lowest BCUT2D eigenvalue weighted by Gasteiger charge is -2.45. The van der Waals surface area contributed by atoms with Crippen molar-refractivity contribution < 1.29 is 18.3 Å². The molecule has 1 aromatic carbocycles. The summed E-state index contributed by atoms with van der Waals surface area (Å²) in [6.07, 6.45) is -2.77. The number of nitrogen functional groups attached to an aromatic ring is 1. The Bertz CT molecular complexity index is 1140. The summed E-state index contributed by atoms with van der Waals surface area (Å²) < 4.78 is 39.5. The highest BCUT2D eigenvalue weighted by atomic mass is 19.4. The third-order valence-corrected chi connectivity index (χ3v) is 5.36. The van der Waals surface area contributed by atoms with Crippen molar-refractivity contribution in [2.24, 2.45) is 0 Å². The van der Waals surface area contributed by atoms with Gasteiger partial charge in [0.05, 0.1) is 40.3 Å². The van der Waals surface area contributed by atoms with Gasteiger partial charge in [0.25, 0.3) is 0 Å². The van der Waals surface area contributed by atoms with Gasteiger partial charge < -0.3 is 21.1 Å². The summed E-state index contributed by atoms with van der Waals surface area (Å²) in [5.74, 6) is 0.408. The van der Waals surface area contributed by atoms with Crippen LogP contribution >= 0.6 is 0 Å². The van der Waals surface area contributed by atoms with Crippen molar-refractivity contribution in [2.45, 2.75) is 38.6 Å². The molecule has 0 saturated carbocycles. The maximum Gasteiger partial charge on any atom is 0.416 e. The second kappa shape index (κ2) is 7.23. The van der Waals surface area contributed by atoms with Gasteiger partial charge in [-0.2, -0.15) is 18.3 Å². The summed E-state index contributed by atoms with van der Waals surface area (Å²) in [5, 5.41) is 22.2. The molecule has 31 heavy (non-hydrogen) atoms. The molecule has 10 heteroatoms. The zero-order chi connectivity index (χ0) is 22.6. The number of fused-ring (bicyclic) bond motifs is 1. The number of anilines is 3. The van der Waals surface area contributed by atoms with Crippen LogP contribution < -0.4 is 16.0 Å². The van der Waals surface area contributed by atoms with Gasteiger partial charge in [-0.15, -0.1) is 5.10 Å². The molecule has 3 aromatic rings. The highest BCUT2D eigenvalue weighted by Gasteiger charge is 2.37. The Labute approximate surface area is 177 Å². The summed E-state index contributed by atoms with van der Waals surface area (Å²) in [7, 11) is 0. The van der Waals surface area contributed by atoms with E-state index < -0.39 is 23.4 Å². The molecule has 0 aliphatic carbocycles. The first-order valence-corrected chi connectivity index (χ1v) is 9.77. The van der Waals surface area contributed by atoms with Gasteiger partial charge in [-0.05, 0) is 50.6 Å². The number of hydrogen-bond donors (Lipinski definition) is 3. The summed E-state index contributed by atoms with van der Waals surface area (Å²) in [5.41, 5.74) is 6.69. The SMILES string of the molecule is Cc1nnc(N[C@H](C)c2cc(N)cc(C(F)(F)F)c2)c2cc(N3CC(C)(O)C3)cnc12. The fourth-order valence-electron chi connectivity index (χ4n) is 3.77. The van der Waals surface area contributed by atoms with Crippen molar-refractivity contribution in [1.82, 2.24) is 15.2 Å². The maximum absolute atomic E-state index is 13.2. The van der Waals surface area contributed by atoms with E-state index in [0.29, 0.717) is 41.1 Å². The number of aromatic nitrogens is 3. The van der Waals surface area contributed by atoms with Gasteiger partial charge in [-0.25, -0.2) is 0 Å². The van der Waals surface area contributed by atoms with E-state index in [2.05, 4.69) is 20.5 Å². The Morgan fingerprint density at radius 3 is 2.55 bits per heavy atom. The number of β-amino-alcohol motifs (C(OH)–C–C–N with tert-alkyl or cyclic N) is 1. The van der Waals surface area contributed by atoms with E-state index in [1.807, 2.05) is 11.0 Å². The van der Waals surface area contributed by atoms with Gasteiger partial charge in [0.2, 0.25) is 0 Å². The van der Waals surface area contributed by atoms with Gasteiger partial charge in [0.1, 0.15) is 0 Å². The minimum absolute atomic E-state index is 0.0344. The smallest absolute Gasteiger partial charge is 0.399 e. The first-order valence-electron chi connectivity index (χ1n) is 9.77. The summed E-state index contributed by atoms with van der Waals surface area (Å²) in [6, 6.07) is 4.87. The van der Waals surface area contributed by atoms with Crippen LogP contribution in [0.1, 0.15) is 36.7 Å².